The second-order valence-corrected chi connectivity index (χ2v) is 9.39. The normalized spacial score (nSPS) is 11.4. The topological polar surface area (TPSA) is 101 Å². The average molecular weight is 522 g/mol. The van der Waals surface area contributed by atoms with Gasteiger partial charge in [-0.3, -0.25) is 5.10 Å². The van der Waals surface area contributed by atoms with Gasteiger partial charge in [-0.25, -0.2) is 4.79 Å². The van der Waals surface area contributed by atoms with Crippen LogP contribution in [0, 0.1) is 0 Å². The number of rotatable bonds is 7. The molecule has 2 heterocycles. The molecular weight excluding hydrogens is 501 g/mol. The number of aromatic amines is 1. The van der Waals surface area contributed by atoms with Crippen molar-refractivity contribution in [3.05, 3.63) is 87.7 Å². The molecule has 0 amide bonds. The summed E-state index contributed by atoms with van der Waals surface area (Å²) in [6.07, 6.45) is 0. The second kappa shape index (κ2) is 9.68. The molecule has 0 bridgehead atoms. The first-order valence-electron chi connectivity index (χ1n) is 11.2. The van der Waals surface area contributed by atoms with Crippen LogP contribution < -0.4 is 4.74 Å². The van der Waals surface area contributed by atoms with E-state index >= 15 is 0 Å². The average Bonchev–Trinajstić information content (AvgIpc) is 3.47. The van der Waals surface area contributed by atoms with Crippen LogP contribution >= 0.6 is 23.2 Å². The maximum atomic E-state index is 11.3. The van der Waals surface area contributed by atoms with E-state index in [0.29, 0.717) is 43.7 Å². The summed E-state index contributed by atoms with van der Waals surface area (Å²) in [7, 11) is 0. The minimum absolute atomic E-state index is 0.00671. The molecule has 3 aromatic carbocycles. The Morgan fingerprint density at radius 3 is 2.42 bits per heavy atom. The highest BCUT2D eigenvalue weighted by molar-refractivity contribution is 6.39. The Kier molecular flexibility index (Phi) is 6.43. The van der Waals surface area contributed by atoms with E-state index in [4.69, 9.17) is 32.5 Å². The van der Waals surface area contributed by atoms with Gasteiger partial charge in [0, 0.05) is 16.9 Å². The maximum Gasteiger partial charge on any atom is 0.357 e. The molecule has 7 nitrogen and oxygen atoms in total. The summed E-state index contributed by atoms with van der Waals surface area (Å²) in [5.74, 6) is 0.407. The van der Waals surface area contributed by atoms with Crippen molar-refractivity contribution >= 4 is 40.1 Å². The van der Waals surface area contributed by atoms with Gasteiger partial charge < -0.3 is 14.4 Å². The van der Waals surface area contributed by atoms with Crippen LogP contribution in [0.2, 0.25) is 10.0 Å². The highest BCUT2D eigenvalue weighted by Crippen LogP contribution is 2.39. The minimum atomic E-state index is -1.07. The Hall–Kier alpha value is -3.81. The van der Waals surface area contributed by atoms with E-state index in [1.165, 1.54) is 0 Å². The number of nitrogens with zero attached hydrogens (tertiary/aromatic N) is 2. The third kappa shape index (κ3) is 4.43. The Bertz CT molecular complexity index is 1550. The quantitative estimate of drug-likeness (QED) is 0.228. The van der Waals surface area contributed by atoms with Gasteiger partial charge in [0.2, 0.25) is 0 Å². The number of fused-ring (bicyclic) bond motifs is 1. The number of nitrogens with one attached hydrogen (secondary N) is 1. The zero-order valence-corrected chi connectivity index (χ0v) is 20.9. The summed E-state index contributed by atoms with van der Waals surface area (Å²) in [5, 5.41) is 21.7. The summed E-state index contributed by atoms with van der Waals surface area (Å²) >= 11 is 12.9. The minimum Gasteiger partial charge on any atom is -0.489 e. The molecule has 0 aliphatic carbocycles. The van der Waals surface area contributed by atoms with Crippen LogP contribution in [0.4, 0.5) is 0 Å². The van der Waals surface area contributed by atoms with Crippen LogP contribution in [0.5, 0.6) is 5.75 Å². The fourth-order valence-corrected chi connectivity index (χ4v) is 4.67. The highest BCUT2D eigenvalue weighted by atomic mass is 35.5. The number of carbonyl (C=O) groups is 1. The zero-order chi connectivity index (χ0) is 25.4. The largest absolute Gasteiger partial charge is 0.489 e. The Morgan fingerprint density at radius 1 is 1.06 bits per heavy atom. The number of carboxylic acids is 1. The Balaban J connectivity index is 1.39. The lowest BCUT2D eigenvalue weighted by Gasteiger charge is -2.11. The van der Waals surface area contributed by atoms with Gasteiger partial charge in [0.25, 0.3) is 0 Å². The van der Waals surface area contributed by atoms with Crippen LogP contribution in [0.3, 0.4) is 0 Å². The van der Waals surface area contributed by atoms with Gasteiger partial charge in [-0.1, -0.05) is 66.5 Å². The number of hydrogen-bond donors (Lipinski definition) is 2. The molecule has 0 saturated heterocycles. The highest BCUT2D eigenvalue weighted by Gasteiger charge is 2.24. The van der Waals surface area contributed by atoms with Crippen molar-refractivity contribution in [2.45, 2.75) is 26.4 Å². The first kappa shape index (κ1) is 23.9. The zero-order valence-electron chi connectivity index (χ0n) is 19.4. The number of hydrogen-bond acceptors (Lipinski definition) is 5. The number of aromatic nitrogens is 3. The molecular formula is C27H21Cl2N3O4. The van der Waals surface area contributed by atoms with E-state index in [9.17, 15) is 9.90 Å². The van der Waals surface area contributed by atoms with Crippen molar-refractivity contribution < 1.29 is 19.2 Å². The molecule has 0 radical (unpaired) electrons. The first-order chi connectivity index (χ1) is 17.3. The third-order valence-corrected chi connectivity index (χ3v) is 6.51. The fraction of sp³-hybridized carbons (Fsp3) is 0.148. The molecule has 0 unspecified atom stereocenters. The lowest BCUT2D eigenvalue weighted by Crippen LogP contribution is -2.01. The Labute approximate surface area is 216 Å². The molecule has 5 aromatic rings. The van der Waals surface area contributed by atoms with Crippen molar-refractivity contribution in [2.24, 2.45) is 0 Å². The summed E-state index contributed by atoms with van der Waals surface area (Å²) in [6.45, 7) is 4.27. The second-order valence-electron chi connectivity index (χ2n) is 8.58. The molecule has 0 spiro atoms. The lowest BCUT2D eigenvalue weighted by molar-refractivity contribution is 0.0692. The summed E-state index contributed by atoms with van der Waals surface area (Å²) in [4.78, 5) is 11.3. The molecule has 0 fully saturated rings. The smallest absolute Gasteiger partial charge is 0.357 e. The predicted octanol–water partition coefficient (Wildman–Crippen LogP) is 7.59. The van der Waals surface area contributed by atoms with Crippen molar-refractivity contribution in [1.82, 2.24) is 15.4 Å². The molecule has 0 aliphatic heterocycles. The first-order valence-corrected chi connectivity index (χ1v) is 12.0. The predicted molar refractivity (Wildman–Crippen MR) is 139 cm³/mol. The van der Waals surface area contributed by atoms with Crippen molar-refractivity contribution in [3.63, 3.8) is 0 Å². The van der Waals surface area contributed by atoms with Crippen molar-refractivity contribution in [2.75, 3.05) is 0 Å². The van der Waals surface area contributed by atoms with E-state index in [0.717, 1.165) is 16.7 Å². The molecule has 0 aliphatic rings. The van der Waals surface area contributed by atoms with Crippen LogP contribution in [0.15, 0.2) is 65.2 Å². The van der Waals surface area contributed by atoms with Gasteiger partial charge in [0.05, 0.1) is 21.1 Å². The Morgan fingerprint density at radius 2 is 1.75 bits per heavy atom. The van der Waals surface area contributed by atoms with E-state index in [1.54, 1.807) is 24.3 Å². The van der Waals surface area contributed by atoms with Gasteiger partial charge >= 0.3 is 5.97 Å². The van der Waals surface area contributed by atoms with Gasteiger partial charge in [0.1, 0.15) is 23.8 Å². The van der Waals surface area contributed by atoms with E-state index in [1.807, 2.05) is 50.2 Å². The van der Waals surface area contributed by atoms with E-state index in [2.05, 4.69) is 15.4 Å². The lowest BCUT2D eigenvalue weighted by atomic mass is 10.0. The SMILES string of the molecule is CC(C)c1onc(-c2c(Cl)cccc2Cl)c1COc1ccc(-c2ccc3c(C(=O)O)n[nH]c3c2)cc1. The summed E-state index contributed by atoms with van der Waals surface area (Å²) < 4.78 is 11.8. The summed E-state index contributed by atoms with van der Waals surface area (Å²) in [5.41, 5.74) is 4.52. The molecule has 36 heavy (non-hydrogen) atoms. The number of benzene rings is 3. The van der Waals surface area contributed by atoms with Crippen LogP contribution in [0.25, 0.3) is 33.3 Å². The van der Waals surface area contributed by atoms with Crippen LogP contribution in [0.1, 0.15) is 41.6 Å². The molecule has 5 rings (SSSR count). The van der Waals surface area contributed by atoms with Gasteiger partial charge in [0.15, 0.2) is 5.69 Å². The molecule has 2 aromatic heterocycles. The van der Waals surface area contributed by atoms with Gasteiger partial charge in [-0.2, -0.15) is 5.10 Å². The molecule has 9 heteroatoms. The molecule has 0 saturated carbocycles. The van der Waals surface area contributed by atoms with Crippen LogP contribution in [-0.4, -0.2) is 26.4 Å². The van der Waals surface area contributed by atoms with E-state index < -0.39 is 5.97 Å². The number of carboxylic acid groups (broad SMARTS) is 1. The number of aromatic carboxylic acids is 1. The molecule has 2 N–H and O–H groups in total. The van der Waals surface area contributed by atoms with E-state index in [-0.39, 0.29) is 18.2 Å². The van der Waals surface area contributed by atoms with Crippen molar-refractivity contribution in [1.29, 1.82) is 0 Å². The van der Waals surface area contributed by atoms with Gasteiger partial charge in [-0.15, -0.1) is 0 Å². The maximum absolute atomic E-state index is 11.3. The summed E-state index contributed by atoms with van der Waals surface area (Å²) in [6, 6.07) is 18.4. The molecule has 0 atom stereocenters. The third-order valence-electron chi connectivity index (χ3n) is 5.88. The standard InChI is InChI=1S/C27H21Cl2N3O4/c1-14(2)26-19(24(32-36-26)23-20(28)4-3-5-21(23)29)13-35-17-9-6-15(7-10-17)16-8-11-18-22(12-16)30-31-25(18)27(33)34/h3-12,14H,13H2,1-2H3,(H,30,31)(H,33,34). The van der Waals surface area contributed by atoms with Crippen molar-refractivity contribution in [3.8, 4) is 28.1 Å². The van der Waals surface area contributed by atoms with Crippen LogP contribution in [-0.2, 0) is 6.61 Å². The van der Waals surface area contributed by atoms with Gasteiger partial charge in [-0.05, 0) is 47.5 Å². The number of halogens is 2. The fourth-order valence-electron chi connectivity index (χ4n) is 4.10. The monoisotopic (exact) mass is 521 g/mol. The molecule has 182 valence electrons. The number of ether oxygens (including phenoxy) is 1. The number of H-pyrrole nitrogens is 1.